The Bertz CT molecular complexity index is 1470. The smallest absolute Gasteiger partial charge is 0.264 e. The zero-order valence-electron chi connectivity index (χ0n) is 25.4. The SMILES string of the molecule is COc1ccc(CN(C(=O)CN(c2cc(C)ccc2OC)S(=O)(=O)c2ccc(C)cc2)[C@@H](C)C(=O)NCC(C)C)cc1. The van der Waals surface area contributed by atoms with Crippen molar-refractivity contribution in [1.82, 2.24) is 10.2 Å². The van der Waals surface area contributed by atoms with Gasteiger partial charge in [0, 0.05) is 13.1 Å². The molecule has 0 fully saturated rings. The van der Waals surface area contributed by atoms with E-state index in [1.807, 2.05) is 39.8 Å². The molecule has 0 aliphatic rings. The Kier molecular flexibility index (Phi) is 11.0. The highest BCUT2D eigenvalue weighted by Crippen LogP contribution is 2.34. The number of rotatable bonds is 13. The van der Waals surface area contributed by atoms with Gasteiger partial charge in [0.25, 0.3) is 10.0 Å². The molecule has 3 rings (SSSR count). The predicted molar refractivity (Wildman–Crippen MR) is 164 cm³/mol. The number of ether oxygens (including phenoxy) is 2. The number of hydrogen-bond donors (Lipinski definition) is 1. The van der Waals surface area contributed by atoms with Crippen LogP contribution in [-0.2, 0) is 26.2 Å². The third kappa shape index (κ3) is 8.03. The summed E-state index contributed by atoms with van der Waals surface area (Å²) in [5.41, 5.74) is 2.68. The van der Waals surface area contributed by atoms with Crippen LogP contribution in [0.25, 0.3) is 0 Å². The molecule has 0 spiro atoms. The molecular formula is C32H41N3O6S. The summed E-state index contributed by atoms with van der Waals surface area (Å²) in [6.45, 7) is 9.28. The zero-order chi connectivity index (χ0) is 31.0. The van der Waals surface area contributed by atoms with Crippen LogP contribution in [0.15, 0.2) is 71.6 Å². The standard InChI is InChI=1S/C32H41N3O6S/c1-22(2)19-33-32(37)25(5)34(20-26-11-13-27(40-6)14-12-26)31(36)21-35(29-18-24(4)10-17-30(29)41-7)42(38,39)28-15-8-23(3)9-16-28/h8-18,22,25H,19-21H2,1-7H3,(H,33,37)/t25-/m0/s1. The zero-order valence-corrected chi connectivity index (χ0v) is 26.2. The second-order valence-electron chi connectivity index (χ2n) is 10.7. The summed E-state index contributed by atoms with van der Waals surface area (Å²) in [5.74, 6) is 0.300. The first kappa shape index (κ1) is 32.5. The van der Waals surface area contributed by atoms with E-state index in [2.05, 4.69) is 5.32 Å². The molecular weight excluding hydrogens is 554 g/mol. The minimum atomic E-state index is -4.21. The fourth-order valence-corrected chi connectivity index (χ4v) is 5.72. The van der Waals surface area contributed by atoms with Crippen molar-refractivity contribution in [3.05, 3.63) is 83.4 Å². The van der Waals surface area contributed by atoms with Gasteiger partial charge in [-0.25, -0.2) is 8.42 Å². The van der Waals surface area contributed by atoms with Crippen molar-refractivity contribution < 1.29 is 27.5 Å². The quantitative estimate of drug-likeness (QED) is 0.307. The highest BCUT2D eigenvalue weighted by atomic mass is 32.2. The van der Waals surface area contributed by atoms with E-state index >= 15 is 0 Å². The molecule has 0 saturated carbocycles. The summed E-state index contributed by atoms with van der Waals surface area (Å²) in [4.78, 5) is 28.7. The number of anilines is 1. The van der Waals surface area contributed by atoms with E-state index in [1.54, 1.807) is 56.5 Å². The minimum absolute atomic E-state index is 0.0360. The number of nitrogens with zero attached hydrogens (tertiary/aromatic N) is 2. The Balaban J connectivity index is 2.07. The highest BCUT2D eigenvalue weighted by molar-refractivity contribution is 7.92. The average Bonchev–Trinajstić information content (AvgIpc) is 2.97. The van der Waals surface area contributed by atoms with Crippen molar-refractivity contribution in [2.24, 2.45) is 5.92 Å². The van der Waals surface area contributed by atoms with Gasteiger partial charge in [0.2, 0.25) is 11.8 Å². The molecule has 0 saturated heterocycles. The monoisotopic (exact) mass is 595 g/mol. The van der Waals surface area contributed by atoms with Crippen LogP contribution < -0.4 is 19.1 Å². The summed E-state index contributed by atoms with van der Waals surface area (Å²) in [5, 5.41) is 2.89. The molecule has 1 atom stereocenters. The van der Waals surface area contributed by atoms with Gasteiger partial charge in [0.15, 0.2) is 0 Å². The molecule has 0 aromatic heterocycles. The van der Waals surface area contributed by atoms with E-state index in [1.165, 1.54) is 24.1 Å². The van der Waals surface area contributed by atoms with Crippen LogP contribution in [0.2, 0.25) is 0 Å². The fourth-order valence-electron chi connectivity index (χ4n) is 4.31. The summed E-state index contributed by atoms with van der Waals surface area (Å²) in [6.07, 6.45) is 0. The number of aryl methyl sites for hydroxylation is 2. The first-order valence-electron chi connectivity index (χ1n) is 13.8. The molecule has 0 heterocycles. The second-order valence-corrected chi connectivity index (χ2v) is 12.5. The number of nitrogens with one attached hydrogen (secondary N) is 1. The predicted octanol–water partition coefficient (Wildman–Crippen LogP) is 4.71. The van der Waals surface area contributed by atoms with Crippen molar-refractivity contribution in [2.45, 2.75) is 52.1 Å². The van der Waals surface area contributed by atoms with Crippen molar-refractivity contribution in [3.8, 4) is 11.5 Å². The summed E-state index contributed by atoms with van der Waals surface area (Å²) >= 11 is 0. The van der Waals surface area contributed by atoms with Crippen molar-refractivity contribution in [3.63, 3.8) is 0 Å². The first-order valence-corrected chi connectivity index (χ1v) is 15.3. The van der Waals surface area contributed by atoms with Gasteiger partial charge in [-0.1, -0.05) is 49.7 Å². The Morgan fingerprint density at radius 3 is 2.05 bits per heavy atom. The lowest BCUT2D eigenvalue weighted by atomic mass is 10.1. The van der Waals surface area contributed by atoms with E-state index < -0.39 is 28.5 Å². The molecule has 2 amide bonds. The first-order chi connectivity index (χ1) is 19.9. The fraction of sp³-hybridized carbons (Fsp3) is 0.375. The molecule has 9 nitrogen and oxygen atoms in total. The summed E-state index contributed by atoms with van der Waals surface area (Å²) < 4.78 is 40.0. The number of benzene rings is 3. The van der Waals surface area contributed by atoms with Gasteiger partial charge >= 0.3 is 0 Å². The Hall–Kier alpha value is -4.05. The van der Waals surface area contributed by atoms with Crippen LogP contribution in [0.1, 0.15) is 37.5 Å². The van der Waals surface area contributed by atoms with Gasteiger partial charge < -0.3 is 19.7 Å². The maximum Gasteiger partial charge on any atom is 0.264 e. The van der Waals surface area contributed by atoms with Crippen LogP contribution in [0.5, 0.6) is 11.5 Å². The Morgan fingerprint density at radius 2 is 1.48 bits per heavy atom. The minimum Gasteiger partial charge on any atom is -0.497 e. The lowest BCUT2D eigenvalue weighted by Gasteiger charge is -2.32. The van der Waals surface area contributed by atoms with Gasteiger partial charge in [-0.05, 0) is 74.2 Å². The van der Waals surface area contributed by atoms with Crippen LogP contribution in [-0.4, -0.2) is 58.5 Å². The van der Waals surface area contributed by atoms with E-state index in [0.717, 1.165) is 21.0 Å². The second kappa shape index (κ2) is 14.2. The largest absolute Gasteiger partial charge is 0.497 e. The average molecular weight is 596 g/mol. The maximum absolute atomic E-state index is 14.1. The number of amides is 2. The molecule has 0 unspecified atom stereocenters. The molecule has 0 aliphatic heterocycles. The number of hydrogen-bond acceptors (Lipinski definition) is 6. The van der Waals surface area contributed by atoms with E-state index in [9.17, 15) is 18.0 Å². The van der Waals surface area contributed by atoms with Crippen LogP contribution in [0, 0.1) is 19.8 Å². The number of carbonyl (C=O) groups excluding carboxylic acids is 2. The van der Waals surface area contributed by atoms with E-state index in [4.69, 9.17) is 9.47 Å². The Morgan fingerprint density at radius 1 is 0.857 bits per heavy atom. The normalized spacial score (nSPS) is 12.0. The molecule has 226 valence electrons. The number of carbonyl (C=O) groups is 2. The molecule has 42 heavy (non-hydrogen) atoms. The van der Waals surface area contributed by atoms with Crippen LogP contribution in [0.3, 0.4) is 0 Å². The Labute approximate surface area is 249 Å². The van der Waals surface area contributed by atoms with Gasteiger partial charge in [-0.3, -0.25) is 13.9 Å². The molecule has 0 radical (unpaired) electrons. The summed E-state index contributed by atoms with van der Waals surface area (Å²) in [6, 6.07) is 17.9. The van der Waals surface area contributed by atoms with Gasteiger partial charge in [0.1, 0.15) is 24.1 Å². The van der Waals surface area contributed by atoms with Crippen molar-refractivity contribution >= 4 is 27.5 Å². The maximum atomic E-state index is 14.1. The van der Waals surface area contributed by atoms with Crippen molar-refractivity contribution in [2.75, 3.05) is 31.6 Å². The highest BCUT2D eigenvalue weighted by Gasteiger charge is 2.34. The third-order valence-corrected chi connectivity index (χ3v) is 8.63. The van der Waals surface area contributed by atoms with Gasteiger partial charge in [-0.15, -0.1) is 0 Å². The topological polar surface area (TPSA) is 105 Å². The van der Waals surface area contributed by atoms with Crippen LogP contribution >= 0.6 is 0 Å². The summed E-state index contributed by atoms with van der Waals surface area (Å²) in [7, 11) is -1.20. The molecule has 3 aromatic carbocycles. The van der Waals surface area contributed by atoms with E-state index in [0.29, 0.717) is 18.0 Å². The van der Waals surface area contributed by atoms with E-state index in [-0.39, 0.29) is 29.0 Å². The van der Waals surface area contributed by atoms with Crippen molar-refractivity contribution in [1.29, 1.82) is 0 Å². The molecule has 0 aliphatic carbocycles. The third-order valence-electron chi connectivity index (χ3n) is 6.85. The molecule has 3 aromatic rings. The van der Waals surface area contributed by atoms with Gasteiger partial charge in [-0.2, -0.15) is 0 Å². The lowest BCUT2D eigenvalue weighted by Crippen LogP contribution is -2.51. The van der Waals surface area contributed by atoms with Crippen LogP contribution in [0.4, 0.5) is 5.69 Å². The lowest BCUT2D eigenvalue weighted by molar-refractivity contribution is -0.139. The molecule has 1 N–H and O–H groups in total. The molecule has 10 heteroatoms. The van der Waals surface area contributed by atoms with Gasteiger partial charge in [0.05, 0.1) is 24.8 Å². The number of sulfonamides is 1. The number of methoxy groups -OCH3 is 2. The molecule has 0 bridgehead atoms.